The van der Waals surface area contributed by atoms with E-state index in [0.717, 1.165) is 15.8 Å². The number of pyridine rings is 1. The lowest BCUT2D eigenvalue weighted by Gasteiger charge is -2.31. The molecule has 0 saturated heterocycles. The number of carboxylic acids is 1. The molecule has 0 bridgehead atoms. The lowest BCUT2D eigenvalue weighted by Crippen LogP contribution is -2.52. The van der Waals surface area contributed by atoms with Gasteiger partial charge in [0.15, 0.2) is 0 Å². The molecule has 1 heterocycles. The Kier molecular flexibility index (Phi) is 3.80. The van der Waals surface area contributed by atoms with Crippen molar-refractivity contribution < 1.29 is 14.7 Å². The fourth-order valence-corrected chi connectivity index (χ4v) is 1.81. The van der Waals surface area contributed by atoms with Gasteiger partial charge in [0.05, 0.1) is 11.2 Å². The number of hydrogen-bond donors (Lipinski definition) is 2. The van der Waals surface area contributed by atoms with Gasteiger partial charge in [-0.25, -0.2) is 9.59 Å². The maximum absolute atomic E-state index is 12.2. The molecule has 0 fully saturated rings. The van der Waals surface area contributed by atoms with Gasteiger partial charge in [0.25, 0.3) is 0 Å². The van der Waals surface area contributed by atoms with E-state index in [9.17, 15) is 9.59 Å². The van der Waals surface area contributed by atoms with Crippen LogP contribution in [0, 0.1) is 0 Å². The van der Waals surface area contributed by atoms with Crippen LogP contribution in [0.5, 0.6) is 0 Å². The number of nitrogens with zero attached hydrogens (tertiary/aromatic N) is 2. The predicted molar refractivity (Wildman–Crippen MR) is 80.2 cm³/mol. The van der Waals surface area contributed by atoms with Crippen LogP contribution >= 0.6 is 0 Å². The van der Waals surface area contributed by atoms with Gasteiger partial charge in [-0.05, 0) is 38.1 Å². The number of nitrogens with one attached hydrogen (secondary N) is 1. The average Bonchev–Trinajstić information content (AvgIpc) is 2.46. The molecule has 1 aromatic carbocycles. The zero-order chi connectivity index (χ0) is 15.6. The Bertz CT molecular complexity index is 692. The zero-order valence-electron chi connectivity index (χ0n) is 12.1. The summed E-state index contributed by atoms with van der Waals surface area (Å²) in [6.07, 6.45) is 1.67. The van der Waals surface area contributed by atoms with Gasteiger partial charge in [0.1, 0.15) is 5.54 Å². The summed E-state index contributed by atoms with van der Waals surface area (Å²) in [5.74, 6) is -1.07. The molecule has 0 spiro atoms. The Morgan fingerprint density at radius 2 is 1.95 bits per heavy atom. The van der Waals surface area contributed by atoms with Gasteiger partial charge in [-0.2, -0.15) is 0 Å². The minimum absolute atomic E-state index is 0.487. The Morgan fingerprint density at radius 3 is 2.62 bits per heavy atom. The second-order valence-corrected chi connectivity index (χ2v) is 5.23. The molecule has 21 heavy (non-hydrogen) atoms. The third-order valence-electron chi connectivity index (χ3n) is 3.55. The minimum atomic E-state index is -1.30. The summed E-state index contributed by atoms with van der Waals surface area (Å²) in [5.41, 5.74) is 0.0569. The molecule has 0 unspecified atom stereocenters. The van der Waals surface area contributed by atoms with Crippen molar-refractivity contribution in [2.24, 2.45) is 0 Å². The lowest BCUT2D eigenvalue weighted by molar-refractivity contribution is -0.146. The van der Waals surface area contributed by atoms with Crippen molar-refractivity contribution in [1.82, 2.24) is 9.88 Å². The molecule has 0 atom stereocenters. The number of hydrogen-bond acceptors (Lipinski definition) is 3. The van der Waals surface area contributed by atoms with Gasteiger partial charge in [-0.15, -0.1) is 0 Å². The number of urea groups is 1. The summed E-state index contributed by atoms with van der Waals surface area (Å²) in [4.78, 5) is 28.8. The van der Waals surface area contributed by atoms with Crippen LogP contribution in [0.1, 0.15) is 13.8 Å². The number of carbonyl (C=O) groups excluding carboxylic acids is 1. The van der Waals surface area contributed by atoms with Crippen LogP contribution in [0.4, 0.5) is 10.5 Å². The third-order valence-corrected chi connectivity index (χ3v) is 3.55. The van der Waals surface area contributed by atoms with E-state index in [0.29, 0.717) is 5.69 Å². The fraction of sp³-hybridized carbons (Fsp3) is 0.267. The van der Waals surface area contributed by atoms with Gasteiger partial charge in [0.2, 0.25) is 0 Å². The van der Waals surface area contributed by atoms with Gasteiger partial charge >= 0.3 is 12.0 Å². The van der Waals surface area contributed by atoms with E-state index in [-0.39, 0.29) is 0 Å². The molecule has 6 heteroatoms. The molecule has 1 aromatic heterocycles. The number of carbonyl (C=O) groups is 2. The van der Waals surface area contributed by atoms with Crippen molar-refractivity contribution in [3.63, 3.8) is 0 Å². The second-order valence-electron chi connectivity index (χ2n) is 5.23. The summed E-state index contributed by atoms with van der Waals surface area (Å²) >= 11 is 0. The van der Waals surface area contributed by atoms with E-state index in [1.807, 2.05) is 12.1 Å². The maximum atomic E-state index is 12.2. The highest BCUT2D eigenvalue weighted by Gasteiger charge is 2.35. The molecule has 2 amide bonds. The van der Waals surface area contributed by atoms with Crippen molar-refractivity contribution >= 4 is 28.6 Å². The first-order valence-corrected chi connectivity index (χ1v) is 6.46. The monoisotopic (exact) mass is 287 g/mol. The summed E-state index contributed by atoms with van der Waals surface area (Å²) in [6.45, 7) is 2.94. The van der Waals surface area contributed by atoms with Crippen molar-refractivity contribution in [1.29, 1.82) is 0 Å². The first-order valence-electron chi connectivity index (χ1n) is 6.46. The maximum Gasteiger partial charge on any atom is 0.329 e. The first kappa shape index (κ1) is 14.8. The van der Waals surface area contributed by atoms with Gasteiger partial charge in [0, 0.05) is 18.6 Å². The van der Waals surface area contributed by atoms with Crippen LogP contribution in [-0.4, -0.2) is 39.6 Å². The molecule has 110 valence electrons. The summed E-state index contributed by atoms with van der Waals surface area (Å²) in [7, 11) is 1.45. The number of benzene rings is 1. The van der Waals surface area contributed by atoms with Crippen LogP contribution in [-0.2, 0) is 4.79 Å². The number of aromatic nitrogens is 1. The molecule has 2 aromatic rings. The quantitative estimate of drug-likeness (QED) is 0.909. The SMILES string of the molecule is CN(C(=O)Nc1cccc2ncccc12)C(C)(C)C(=O)O. The number of aliphatic carboxylic acids is 1. The van der Waals surface area contributed by atoms with E-state index >= 15 is 0 Å². The van der Waals surface area contributed by atoms with Crippen molar-refractivity contribution in [3.8, 4) is 0 Å². The Morgan fingerprint density at radius 1 is 1.24 bits per heavy atom. The normalized spacial score (nSPS) is 11.2. The molecule has 0 aliphatic heterocycles. The van der Waals surface area contributed by atoms with Crippen LogP contribution < -0.4 is 5.32 Å². The molecular formula is C15H17N3O3. The number of anilines is 1. The molecule has 6 nitrogen and oxygen atoms in total. The van der Waals surface area contributed by atoms with Crippen LogP contribution in [0.2, 0.25) is 0 Å². The summed E-state index contributed by atoms with van der Waals surface area (Å²) < 4.78 is 0. The van der Waals surface area contributed by atoms with E-state index in [1.54, 1.807) is 24.4 Å². The van der Waals surface area contributed by atoms with Crippen LogP contribution in [0.25, 0.3) is 10.9 Å². The predicted octanol–water partition coefficient (Wildman–Crippen LogP) is 2.56. The van der Waals surface area contributed by atoms with Crippen molar-refractivity contribution in [2.75, 3.05) is 12.4 Å². The number of rotatable bonds is 3. The summed E-state index contributed by atoms with van der Waals surface area (Å²) in [6, 6.07) is 8.52. The minimum Gasteiger partial charge on any atom is -0.480 e. The largest absolute Gasteiger partial charge is 0.480 e. The first-order chi connectivity index (χ1) is 9.84. The van der Waals surface area contributed by atoms with Crippen molar-refractivity contribution in [3.05, 3.63) is 36.5 Å². The Hall–Kier alpha value is -2.63. The van der Waals surface area contributed by atoms with E-state index in [1.165, 1.54) is 20.9 Å². The molecule has 2 N–H and O–H groups in total. The Labute approximate surface area is 122 Å². The van der Waals surface area contributed by atoms with Gasteiger partial charge in [-0.1, -0.05) is 6.07 Å². The van der Waals surface area contributed by atoms with Crippen LogP contribution in [0.15, 0.2) is 36.5 Å². The molecule has 0 aliphatic carbocycles. The number of amides is 2. The molecule has 0 aliphatic rings. The number of carboxylic acid groups (broad SMARTS) is 1. The van der Waals surface area contributed by atoms with E-state index < -0.39 is 17.5 Å². The molecule has 0 radical (unpaired) electrons. The van der Waals surface area contributed by atoms with E-state index in [4.69, 9.17) is 5.11 Å². The fourth-order valence-electron chi connectivity index (χ4n) is 1.81. The van der Waals surface area contributed by atoms with Crippen LogP contribution in [0.3, 0.4) is 0 Å². The smallest absolute Gasteiger partial charge is 0.329 e. The van der Waals surface area contributed by atoms with Gasteiger partial charge in [-0.3, -0.25) is 4.98 Å². The van der Waals surface area contributed by atoms with E-state index in [2.05, 4.69) is 10.3 Å². The highest BCUT2D eigenvalue weighted by atomic mass is 16.4. The summed E-state index contributed by atoms with van der Waals surface area (Å²) in [5, 5.41) is 12.7. The Balaban J connectivity index is 2.28. The lowest BCUT2D eigenvalue weighted by atomic mass is 10.0. The number of fused-ring (bicyclic) bond motifs is 1. The van der Waals surface area contributed by atoms with Gasteiger partial charge < -0.3 is 15.3 Å². The number of likely N-dealkylation sites (N-methyl/N-ethyl adjacent to an activating group) is 1. The van der Waals surface area contributed by atoms with Crippen molar-refractivity contribution in [2.45, 2.75) is 19.4 Å². The highest BCUT2D eigenvalue weighted by Crippen LogP contribution is 2.22. The second kappa shape index (κ2) is 5.40. The third kappa shape index (κ3) is 2.79. The molecule has 2 rings (SSSR count). The average molecular weight is 287 g/mol. The standard InChI is InChI=1S/C15H17N3O3/c1-15(2,13(19)20)18(3)14(21)17-12-8-4-7-11-10(12)6-5-9-16-11/h4-9H,1-3H3,(H,17,21)(H,19,20). The molecular weight excluding hydrogens is 270 g/mol. The topological polar surface area (TPSA) is 82.5 Å². The zero-order valence-corrected chi connectivity index (χ0v) is 12.1. The highest BCUT2D eigenvalue weighted by molar-refractivity contribution is 6.01. The molecule has 0 saturated carbocycles.